The number of anilines is 1. The molecule has 1 aromatic carbocycles. The van der Waals surface area contributed by atoms with Crippen LogP contribution in [0.3, 0.4) is 0 Å². The molecule has 8 heteroatoms. The standard InChI is InChI=1S/C11H11F3N2O3/c1-2-15(7-11(12,13)14)10-4-3-9(16(18)19)5-8(10)6-17/h3-6H,2,7H2,1H3. The maximum atomic E-state index is 12.4. The summed E-state index contributed by atoms with van der Waals surface area (Å²) in [6, 6.07) is 3.18. The number of halogens is 3. The van der Waals surface area contributed by atoms with E-state index in [9.17, 15) is 28.1 Å². The molecule has 0 aliphatic carbocycles. The number of non-ortho nitro benzene ring substituents is 1. The van der Waals surface area contributed by atoms with E-state index in [1.165, 1.54) is 6.92 Å². The highest BCUT2D eigenvalue weighted by Crippen LogP contribution is 2.27. The van der Waals surface area contributed by atoms with E-state index in [0.29, 0.717) is 6.29 Å². The summed E-state index contributed by atoms with van der Waals surface area (Å²) in [5.74, 6) is 0. The third-order valence-electron chi connectivity index (χ3n) is 2.44. The molecule has 0 saturated heterocycles. The Kier molecular flexibility index (Phi) is 4.47. The van der Waals surface area contributed by atoms with Gasteiger partial charge in [0.05, 0.1) is 4.92 Å². The van der Waals surface area contributed by atoms with Crippen molar-refractivity contribution >= 4 is 17.7 Å². The Bertz CT molecular complexity index is 489. The van der Waals surface area contributed by atoms with Gasteiger partial charge in [0.15, 0.2) is 6.29 Å². The maximum Gasteiger partial charge on any atom is 0.405 e. The minimum absolute atomic E-state index is 0.0260. The first kappa shape index (κ1) is 14.9. The highest BCUT2D eigenvalue weighted by atomic mass is 19.4. The van der Waals surface area contributed by atoms with Crippen LogP contribution < -0.4 is 4.90 Å². The smallest absolute Gasteiger partial charge is 0.362 e. The van der Waals surface area contributed by atoms with Crippen LogP contribution in [0.25, 0.3) is 0 Å². The van der Waals surface area contributed by atoms with Crippen LogP contribution in [0.5, 0.6) is 0 Å². The number of aldehydes is 1. The number of nitro benzene ring substituents is 1. The van der Waals surface area contributed by atoms with Gasteiger partial charge in [0.25, 0.3) is 5.69 Å². The predicted molar refractivity (Wildman–Crippen MR) is 62.4 cm³/mol. The van der Waals surface area contributed by atoms with Gasteiger partial charge < -0.3 is 4.90 Å². The lowest BCUT2D eigenvalue weighted by molar-refractivity contribution is -0.384. The summed E-state index contributed by atoms with van der Waals surface area (Å²) in [6.07, 6.45) is -4.11. The summed E-state index contributed by atoms with van der Waals surface area (Å²) in [5.41, 5.74) is -0.449. The average Bonchev–Trinajstić information content (AvgIpc) is 2.34. The van der Waals surface area contributed by atoms with Gasteiger partial charge in [-0.2, -0.15) is 13.2 Å². The fraction of sp³-hybridized carbons (Fsp3) is 0.364. The molecule has 0 amide bonds. The zero-order chi connectivity index (χ0) is 14.6. The minimum Gasteiger partial charge on any atom is -0.362 e. The number of hydrogen-bond donors (Lipinski definition) is 0. The van der Waals surface area contributed by atoms with Crippen LogP contribution in [0.1, 0.15) is 17.3 Å². The number of benzene rings is 1. The number of carbonyl (C=O) groups is 1. The van der Waals surface area contributed by atoms with Gasteiger partial charge in [-0.1, -0.05) is 0 Å². The topological polar surface area (TPSA) is 63.4 Å². The van der Waals surface area contributed by atoms with Crippen LogP contribution in [-0.2, 0) is 0 Å². The van der Waals surface area contributed by atoms with E-state index in [0.717, 1.165) is 23.1 Å². The molecule has 0 aromatic heterocycles. The first-order valence-electron chi connectivity index (χ1n) is 5.33. The van der Waals surface area contributed by atoms with Gasteiger partial charge in [-0.3, -0.25) is 14.9 Å². The first-order valence-corrected chi connectivity index (χ1v) is 5.33. The molecule has 0 atom stereocenters. The number of carbonyl (C=O) groups excluding carboxylic acids is 1. The molecular formula is C11H11F3N2O3. The third kappa shape index (κ3) is 3.94. The van der Waals surface area contributed by atoms with Crippen molar-refractivity contribution in [2.75, 3.05) is 18.0 Å². The fourth-order valence-electron chi connectivity index (χ4n) is 1.62. The lowest BCUT2D eigenvalue weighted by atomic mass is 10.1. The second-order valence-electron chi connectivity index (χ2n) is 3.75. The van der Waals surface area contributed by atoms with Crippen molar-refractivity contribution in [2.45, 2.75) is 13.1 Å². The van der Waals surface area contributed by atoms with Crippen molar-refractivity contribution in [1.29, 1.82) is 0 Å². The summed E-state index contributed by atoms with van der Waals surface area (Å²) in [4.78, 5) is 21.6. The lowest BCUT2D eigenvalue weighted by Gasteiger charge is -2.25. The van der Waals surface area contributed by atoms with Gasteiger partial charge in [0, 0.05) is 29.9 Å². The molecule has 0 bridgehead atoms. The quantitative estimate of drug-likeness (QED) is 0.471. The largest absolute Gasteiger partial charge is 0.405 e. The maximum absolute atomic E-state index is 12.4. The highest BCUT2D eigenvalue weighted by molar-refractivity contribution is 5.86. The Morgan fingerprint density at radius 3 is 2.47 bits per heavy atom. The molecule has 0 aliphatic heterocycles. The summed E-state index contributed by atoms with van der Waals surface area (Å²) < 4.78 is 37.1. The molecule has 19 heavy (non-hydrogen) atoms. The second-order valence-corrected chi connectivity index (χ2v) is 3.75. The van der Waals surface area contributed by atoms with Crippen LogP contribution in [0.2, 0.25) is 0 Å². The van der Waals surface area contributed by atoms with Crippen molar-refractivity contribution in [3.05, 3.63) is 33.9 Å². The van der Waals surface area contributed by atoms with Crippen molar-refractivity contribution < 1.29 is 22.9 Å². The number of nitrogens with zero attached hydrogens (tertiary/aromatic N) is 2. The fourth-order valence-corrected chi connectivity index (χ4v) is 1.62. The zero-order valence-corrected chi connectivity index (χ0v) is 9.98. The summed E-state index contributed by atoms with van der Waals surface area (Å²) >= 11 is 0. The van der Waals surface area contributed by atoms with Crippen molar-refractivity contribution in [3.63, 3.8) is 0 Å². The van der Waals surface area contributed by atoms with E-state index in [2.05, 4.69) is 0 Å². The summed E-state index contributed by atoms with van der Waals surface area (Å²) in [5, 5.41) is 10.5. The van der Waals surface area contributed by atoms with Crippen molar-refractivity contribution in [1.82, 2.24) is 0 Å². The van der Waals surface area contributed by atoms with Crippen LogP contribution in [0, 0.1) is 10.1 Å². The van der Waals surface area contributed by atoms with Crippen LogP contribution >= 0.6 is 0 Å². The highest BCUT2D eigenvalue weighted by Gasteiger charge is 2.31. The van der Waals surface area contributed by atoms with Gasteiger partial charge >= 0.3 is 6.18 Å². The van der Waals surface area contributed by atoms with E-state index in [1.807, 2.05) is 0 Å². The third-order valence-corrected chi connectivity index (χ3v) is 2.44. The molecule has 0 aliphatic rings. The number of rotatable bonds is 5. The molecule has 1 aromatic rings. The lowest BCUT2D eigenvalue weighted by Crippen LogP contribution is -2.34. The Morgan fingerprint density at radius 1 is 1.42 bits per heavy atom. The molecule has 5 nitrogen and oxygen atoms in total. The van der Waals surface area contributed by atoms with Crippen LogP contribution in [-0.4, -0.2) is 30.5 Å². The molecule has 104 valence electrons. The Morgan fingerprint density at radius 2 is 2.05 bits per heavy atom. The predicted octanol–water partition coefficient (Wildman–Crippen LogP) is 2.80. The number of nitro groups is 1. The normalized spacial score (nSPS) is 11.2. The number of alkyl halides is 3. The molecule has 0 saturated carbocycles. The SMILES string of the molecule is CCN(CC(F)(F)F)c1ccc([N+](=O)[O-])cc1C=O. The molecule has 0 radical (unpaired) electrons. The number of hydrogen-bond acceptors (Lipinski definition) is 4. The summed E-state index contributed by atoms with van der Waals surface area (Å²) in [6.45, 7) is 0.308. The Labute approximate surface area is 106 Å². The van der Waals surface area contributed by atoms with Crippen LogP contribution in [0.4, 0.5) is 24.5 Å². The van der Waals surface area contributed by atoms with Crippen molar-refractivity contribution in [2.24, 2.45) is 0 Å². The second kappa shape index (κ2) is 5.68. The molecule has 0 unspecified atom stereocenters. The minimum atomic E-state index is -4.42. The molecule has 0 heterocycles. The van der Waals surface area contributed by atoms with Gasteiger partial charge in [0.1, 0.15) is 6.54 Å². The van der Waals surface area contributed by atoms with Crippen LogP contribution in [0.15, 0.2) is 18.2 Å². The molecular weight excluding hydrogens is 265 g/mol. The van der Waals surface area contributed by atoms with E-state index < -0.39 is 17.6 Å². The van der Waals surface area contributed by atoms with E-state index in [4.69, 9.17) is 0 Å². The van der Waals surface area contributed by atoms with E-state index in [1.54, 1.807) is 0 Å². The van der Waals surface area contributed by atoms with Gasteiger partial charge in [-0.15, -0.1) is 0 Å². The van der Waals surface area contributed by atoms with Gasteiger partial charge in [-0.05, 0) is 13.0 Å². The first-order chi connectivity index (χ1) is 8.78. The van der Waals surface area contributed by atoms with E-state index >= 15 is 0 Å². The monoisotopic (exact) mass is 276 g/mol. The molecule has 0 spiro atoms. The molecule has 0 fully saturated rings. The molecule has 0 N–H and O–H groups in total. The van der Waals surface area contributed by atoms with Gasteiger partial charge in [-0.25, -0.2) is 0 Å². The van der Waals surface area contributed by atoms with Crippen molar-refractivity contribution in [3.8, 4) is 0 Å². The molecule has 1 rings (SSSR count). The Balaban J connectivity index is 3.17. The van der Waals surface area contributed by atoms with E-state index in [-0.39, 0.29) is 23.5 Å². The summed E-state index contributed by atoms with van der Waals surface area (Å²) in [7, 11) is 0. The Hall–Kier alpha value is -2.12. The average molecular weight is 276 g/mol. The van der Waals surface area contributed by atoms with Gasteiger partial charge in [0.2, 0.25) is 0 Å². The zero-order valence-electron chi connectivity index (χ0n) is 9.98.